The molecule has 0 saturated heterocycles. The summed E-state index contributed by atoms with van der Waals surface area (Å²) in [4.78, 5) is 23.2. The largest absolute Gasteiger partial charge is 0.496 e. The number of allylic oxidation sites excluding steroid dienone is 2. The van der Waals surface area contributed by atoms with Crippen LogP contribution in [0.25, 0.3) is 0 Å². The molecule has 0 radical (unpaired) electrons. The lowest BCUT2D eigenvalue weighted by Crippen LogP contribution is -2.14. The van der Waals surface area contributed by atoms with E-state index in [4.69, 9.17) is 4.74 Å². The first-order chi connectivity index (χ1) is 7.63. The highest BCUT2D eigenvalue weighted by atomic mass is 79.9. The van der Waals surface area contributed by atoms with Crippen LogP contribution >= 0.6 is 15.9 Å². The van der Waals surface area contributed by atoms with Gasteiger partial charge in [0.1, 0.15) is 11.7 Å². The molecule has 82 valence electrons. The van der Waals surface area contributed by atoms with Crippen LogP contribution in [0.5, 0.6) is 5.75 Å². The zero-order valence-corrected chi connectivity index (χ0v) is 10.2. The summed E-state index contributed by atoms with van der Waals surface area (Å²) in [5.74, 6) is -0.575. The van der Waals surface area contributed by atoms with Gasteiger partial charge < -0.3 is 4.74 Å². The van der Waals surface area contributed by atoms with Gasteiger partial charge in [0.2, 0.25) is 0 Å². The molecule has 0 spiro atoms. The zero-order valence-electron chi connectivity index (χ0n) is 8.57. The molecule has 0 N–H and O–H groups in total. The van der Waals surface area contributed by atoms with Gasteiger partial charge >= 0.3 is 0 Å². The van der Waals surface area contributed by atoms with Gasteiger partial charge in [0.05, 0.1) is 7.11 Å². The predicted octanol–water partition coefficient (Wildman–Crippen LogP) is 2.25. The van der Waals surface area contributed by atoms with E-state index in [0.717, 1.165) is 4.47 Å². The monoisotopic (exact) mass is 280 g/mol. The Morgan fingerprint density at radius 3 is 2.38 bits per heavy atom. The normalized spacial score (nSPS) is 15.9. The topological polar surface area (TPSA) is 43.4 Å². The fourth-order valence-corrected chi connectivity index (χ4v) is 2.11. The molecule has 3 nitrogen and oxygen atoms in total. The Kier molecular flexibility index (Phi) is 2.92. The van der Waals surface area contributed by atoms with Crippen molar-refractivity contribution in [2.75, 3.05) is 7.11 Å². The standard InChI is InChI=1S/C12H9BrO3/c1-16-11-5-2-7(13)6-8(11)12-9(14)3-4-10(12)15/h2-6,12H,1H3. The van der Waals surface area contributed by atoms with Gasteiger partial charge in [-0.3, -0.25) is 9.59 Å². The number of halogens is 1. The Labute approximate surface area is 101 Å². The molecule has 0 bridgehead atoms. The van der Waals surface area contributed by atoms with Crippen LogP contribution < -0.4 is 4.74 Å². The first-order valence-corrected chi connectivity index (χ1v) is 5.52. The molecule has 0 aliphatic heterocycles. The minimum atomic E-state index is -0.743. The van der Waals surface area contributed by atoms with Crippen LogP contribution in [0.1, 0.15) is 11.5 Å². The van der Waals surface area contributed by atoms with Crippen molar-refractivity contribution in [3.05, 3.63) is 40.4 Å². The fourth-order valence-electron chi connectivity index (χ4n) is 1.73. The van der Waals surface area contributed by atoms with Gasteiger partial charge in [0, 0.05) is 10.0 Å². The maximum absolute atomic E-state index is 11.6. The lowest BCUT2D eigenvalue weighted by molar-refractivity contribution is -0.122. The number of benzene rings is 1. The molecule has 0 aromatic heterocycles. The summed E-state index contributed by atoms with van der Waals surface area (Å²) in [6, 6.07) is 5.28. The molecular formula is C12H9BrO3. The molecule has 0 atom stereocenters. The molecule has 1 aromatic rings. The highest BCUT2D eigenvalue weighted by Crippen LogP contribution is 2.33. The van der Waals surface area contributed by atoms with E-state index >= 15 is 0 Å². The number of carbonyl (C=O) groups is 2. The van der Waals surface area contributed by atoms with Crippen molar-refractivity contribution in [1.82, 2.24) is 0 Å². The molecule has 0 saturated carbocycles. The number of ketones is 2. The number of rotatable bonds is 2. The van der Waals surface area contributed by atoms with E-state index in [1.807, 2.05) is 0 Å². The van der Waals surface area contributed by atoms with E-state index in [9.17, 15) is 9.59 Å². The third kappa shape index (κ3) is 1.80. The van der Waals surface area contributed by atoms with E-state index in [1.165, 1.54) is 19.3 Å². The van der Waals surface area contributed by atoms with Crippen molar-refractivity contribution in [3.63, 3.8) is 0 Å². The molecule has 16 heavy (non-hydrogen) atoms. The minimum Gasteiger partial charge on any atom is -0.496 e. The Morgan fingerprint density at radius 1 is 1.19 bits per heavy atom. The first kappa shape index (κ1) is 11.1. The molecular weight excluding hydrogens is 272 g/mol. The minimum absolute atomic E-state index is 0.193. The number of hydrogen-bond donors (Lipinski definition) is 0. The van der Waals surface area contributed by atoms with Crippen molar-refractivity contribution in [2.24, 2.45) is 0 Å². The van der Waals surface area contributed by atoms with E-state index in [2.05, 4.69) is 15.9 Å². The number of methoxy groups -OCH3 is 1. The van der Waals surface area contributed by atoms with Crippen molar-refractivity contribution in [1.29, 1.82) is 0 Å². The zero-order chi connectivity index (χ0) is 11.7. The second kappa shape index (κ2) is 4.22. The maximum Gasteiger partial charge on any atom is 0.171 e. The quantitative estimate of drug-likeness (QED) is 0.781. The van der Waals surface area contributed by atoms with Crippen LogP contribution in [0.15, 0.2) is 34.8 Å². The summed E-state index contributed by atoms with van der Waals surface area (Å²) < 4.78 is 5.97. The second-order valence-corrected chi connectivity index (χ2v) is 4.37. The van der Waals surface area contributed by atoms with Crippen molar-refractivity contribution in [2.45, 2.75) is 5.92 Å². The summed E-state index contributed by atoms with van der Waals surface area (Å²) in [6.45, 7) is 0. The van der Waals surface area contributed by atoms with E-state index < -0.39 is 5.92 Å². The molecule has 1 aliphatic rings. The van der Waals surface area contributed by atoms with Gasteiger partial charge in [-0.2, -0.15) is 0 Å². The van der Waals surface area contributed by atoms with Gasteiger partial charge in [-0.1, -0.05) is 15.9 Å². The summed E-state index contributed by atoms with van der Waals surface area (Å²) in [5.41, 5.74) is 0.608. The lowest BCUT2D eigenvalue weighted by atomic mass is 9.94. The van der Waals surface area contributed by atoms with Gasteiger partial charge in [0.15, 0.2) is 11.6 Å². The molecule has 4 heteroatoms. The van der Waals surface area contributed by atoms with E-state index in [-0.39, 0.29) is 11.6 Å². The first-order valence-electron chi connectivity index (χ1n) is 4.72. The van der Waals surface area contributed by atoms with Gasteiger partial charge in [-0.15, -0.1) is 0 Å². The highest BCUT2D eigenvalue weighted by molar-refractivity contribution is 9.10. The number of hydrogen-bond acceptors (Lipinski definition) is 3. The predicted molar refractivity (Wildman–Crippen MR) is 62.6 cm³/mol. The maximum atomic E-state index is 11.6. The van der Waals surface area contributed by atoms with Crippen LogP contribution in [-0.2, 0) is 9.59 Å². The summed E-state index contributed by atoms with van der Waals surface area (Å²) >= 11 is 3.31. The Hall–Kier alpha value is -1.42. The number of carbonyl (C=O) groups excluding carboxylic acids is 2. The van der Waals surface area contributed by atoms with Crippen LogP contribution in [0.2, 0.25) is 0 Å². The van der Waals surface area contributed by atoms with E-state index in [1.54, 1.807) is 18.2 Å². The van der Waals surface area contributed by atoms with Crippen molar-refractivity contribution < 1.29 is 14.3 Å². The van der Waals surface area contributed by atoms with Crippen LogP contribution in [0.3, 0.4) is 0 Å². The molecule has 0 fully saturated rings. The SMILES string of the molecule is COc1ccc(Br)cc1C1C(=O)C=CC1=O. The van der Waals surface area contributed by atoms with E-state index in [0.29, 0.717) is 11.3 Å². The molecule has 1 aromatic carbocycles. The fraction of sp³-hybridized carbons (Fsp3) is 0.167. The summed E-state index contributed by atoms with van der Waals surface area (Å²) in [7, 11) is 1.52. The smallest absolute Gasteiger partial charge is 0.171 e. The average Bonchev–Trinajstić information content (AvgIpc) is 2.58. The van der Waals surface area contributed by atoms with Gasteiger partial charge in [-0.25, -0.2) is 0 Å². The second-order valence-electron chi connectivity index (χ2n) is 3.46. The molecule has 0 heterocycles. The van der Waals surface area contributed by atoms with Crippen molar-refractivity contribution >= 4 is 27.5 Å². The third-order valence-corrected chi connectivity index (χ3v) is 2.98. The molecule has 0 amide bonds. The summed E-state index contributed by atoms with van der Waals surface area (Å²) in [5, 5.41) is 0. The third-order valence-electron chi connectivity index (χ3n) is 2.48. The molecule has 2 rings (SSSR count). The van der Waals surface area contributed by atoms with Crippen LogP contribution in [0.4, 0.5) is 0 Å². The highest BCUT2D eigenvalue weighted by Gasteiger charge is 2.32. The van der Waals surface area contributed by atoms with Crippen LogP contribution in [0, 0.1) is 0 Å². The molecule has 1 aliphatic carbocycles. The lowest BCUT2D eigenvalue weighted by Gasteiger charge is -2.12. The van der Waals surface area contributed by atoms with Crippen LogP contribution in [-0.4, -0.2) is 18.7 Å². The van der Waals surface area contributed by atoms with Crippen molar-refractivity contribution in [3.8, 4) is 5.75 Å². The Bertz CT molecular complexity index is 473. The number of ether oxygens (including phenoxy) is 1. The molecule has 0 unspecified atom stereocenters. The Morgan fingerprint density at radius 2 is 1.81 bits per heavy atom. The van der Waals surface area contributed by atoms with Gasteiger partial charge in [-0.05, 0) is 30.4 Å². The Balaban J connectivity index is 2.51. The summed E-state index contributed by atoms with van der Waals surface area (Å²) in [6.07, 6.45) is 2.63. The average molecular weight is 281 g/mol. The van der Waals surface area contributed by atoms with Gasteiger partial charge in [0.25, 0.3) is 0 Å².